The highest BCUT2D eigenvalue weighted by atomic mass is 35.5. The molecule has 1 rings (SSSR count). The molecule has 8 nitrogen and oxygen atoms in total. The average Bonchev–Trinajstić information content (AvgIpc) is 2.38. The van der Waals surface area contributed by atoms with Crippen LogP contribution in [0.3, 0.4) is 0 Å². The summed E-state index contributed by atoms with van der Waals surface area (Å²) in [5.41, 5.74) is -1.72. The van der Waals surface area contributed by atoms with Gasteiger partial charge in [-0.1, -0.05) is 18.5 Å². The number of nitriles is 1. The molecule has 1 heterocycles. The van der Waals surface area contributed by atoms with Crippen molar-refractivity contribution in [3.63, 3.8) is 0 Å². The fraction of sp³-hybridized carbons (Fsp3) is 0.300. The molecule has 98 valence electrons. The summed E-state index contributed by atoms with van der Waals surface area (Å²) in [6, 6.07) is 1.52. The van der Waals surface area contributed by atoms with Gasteiger partial charge in [0.1, 0.15) is 22.2 Å². The van der Waals surface area contributed by atoms with Crippen molar-refractivity contribution < 1.29 is 4.92 Å². The highest BCUT2D eigenvalue weighted by molar-refractivity contribution is 6.33. The lowest BCUT2D eigenvalue weighted by Crippen LogP contribution is -2.26. The van der Waals surface area contributed by atoms with Crippen LogP contribution in [0.1, 0.15) is 18.9 Å². The second-order valence-electron chi connectivity index (χ2n) is 3.41. The van der Waals surface area contributed by atoms with Crippen molar-refractivity contribution in [3.8, 4) is 6.07 Å². The Kier molecular flexibility index (Phi) is 4.53. The van der Waals surface area contributed by atoms with Gasteiger partial charge < -0.3 is 10.1 Å². The normalized spacial score (nSPS) is 9.53. The molecular formula is C10H8ClN5O3. The van der Waals surface area contributed by atoms with E-state index in [1.54, 1.807) is 12.8 Å². The lowest BCUT2D eigenvalue weighted by molar-refractivity contribution is -0.390. The second kappa shape index (κ2) is 5.91. The van der Waals surface area contributed by atoms with E-state index in [1.165, 1.54) is 6.07 Å². The number of aromatic nitrogens is 2. The molecule has 0 aliphatic carbocycles. The van der Waals surface area contributed by atoms with Crippen LogP contribution in [0.2, 0.25) is 5.02 Å². The van der Waals surface area contributed by atoms with E-state index < -0.39 is 32.5 Å². The molecule has 0 spiro atoms. The molecule has 1 N–H and O–H groups in total. The van der Waals surface area contributed by atoms with Crippen molar-refractivity contribution in [2.45, 2.75) is 19.9 Å². The van der Waals surface area contributed by atoms with Crippen molar-refractivity contribution in [2.24, 2.45) is 0 Å². The van der Waals surface area contributed by atoms with Crippen LogP contribution in [0.5, 0.6) is 0 Å². The van der Waals surface area contributed by atoms with Gasteiger partial charge in [-0.2, -0.15) is 5.26 Å². The van der Waals surface area contributed by atoms with E-state index in [0.29, 0.717) is 6.42 Å². The zero-order valence-electron chi connectivity index (χ0n) is 9.81. The van der Waals surface area contributed by atoms with E-state index in [2.05, 4.69) is 5.10 Å². The highest BCUT2D eigenvalue weighted by Gasteiger charge is 2.28. The number of nitro groups is 1. The molecular weight excluding hydrogens is 274 g/mol. The summed E-state index contributed by atoms with van der Waals surface area (Å²) in [6.07, 6.45) is 0.533. The molecule has 19 heavy (non-hydrogen) atoms. The topological polar surface area (TPSA) is 126 Å². The Morgan fingerprint density at radius 1 is 1.68 bits per heavy atom. The smallest absolute Gasteiger partial charge is 0.358 e. The van der Waals surface area contributed by atoms with Crippen LogP contribution in [-0.4, -0.2) is 20.6 Å². The maximum absolute atomic E-state index is 11.8. The lowest BCUT2D eigenvalue weighted by atomic mass is 10.1. The standard InChI is InChI=1S/C10H8ClN5O3/c1-2-3-15-10(17)8(11)7(6(4-12)5-13)9(14-15)16(18)19/h12H,2-3H2,1H3. The van der Waals surface area contributed by atoms with E-state index in [9.17, 15) is 14.9 Å². The minimum atomic E-state index is -0.860. The van der Waals surface area contributed by atoms with Crippen molar-refractivity contribution in [1.82, 2.24) is 9.78 Å². The van der Waals surface area contributed by atoms with Crippen LogP contribution in [-0.2, 0) is 6.54 Å². The van der Waals surface area contributed by atoms with Crippen LogP contribution >= 0.6 is 11.6 Å². The third-order valence-corrected chi connectivity index (χ3v) is 2.53. The van der Waals surface area contributed by atoms with Crippen molar-refractivity contribution in [1.29, 1.82) is 10.7 Å². The Labute approximate surface area is 112 Å². The zero-order chi connectivity index (χ0) is 14.6. The number of hydrogen-bond acceptors (Lipinski definition) is 6. The van der Waals surface area contributed by atoms with Gasteiger partial charge in [-0.3, -0.25) is 10.2 Å². The van der Waals surface area contributed by atoms with Crippen molar-refractivity contribution >= 4 is 28.9 Å². The molecule has 0 aromatic carbocycles. The fourth-order valence-corrected chi connectivity index (χ4v) is 1.66. The lowest BCUT2D eigenvalue weighted by Gasteiger charge is -2.04. The third kappa shape index (κ3) is 2.68. The van der Waals surface area contributed by atoms with Crippen LogP contribution in [0, 0.1) is 26.9 Å². The molecule has 0 unspecified atom stereocenters. The van der Waals surface area contributed by atoms with Crippen molar-refractivity contribution in [2.75, 3.05) is 0 Å². The summed E-state index contributed by atoms with van der Waals surface area (Å²) in [5, 5.41) is 29.7. The number of rotatable bonds is 4. The maximum atomic E-state index is 11.8. The number of hydrogen-bond donors (Lipinski definition) is 1. The first kappa shape index (κ1) is 14.6. The molecule has 0 amide bonds. The molecule has 0 atom stereocenters. The van der Waals surface area contributed by atoms with E-state index in [4.69, 9.17) is 22.3 Å². The first-order valence-electron chi connectivity index (χ1n) is 5.13. The summed E-state index contributed by atoms with van der Waals surface area (Å²) in [7, 11) is 0. The van der Waals surface area contributed by atoms with Gasteiger partial charge in [-0.25, -0.2) is 0 Å². The highest BCUT2D eigenvalue weighted by Crippen LogP contribution is 2.26. The van der Waals surface area contributed by atoms with E-state index >= 15 is 0 Å². The zero-order valence-corrected chi connectivity index (χ0v) is 10.6. The first-order valence-corrected chi connectivity index (χ1v) is 5.50. The number of nitrogens with zero attached hydrogens (tertiary/aromatic N) is 4. The van der Waals surface area contributed by atoms with Crippen LogP contribution in [0.25, 0.3) is 5.57 Å². The van der Waals surface area contributed by atoms with Crippen LogP contribution in [0.15, 0.2) is 4.79 Å². The summed E-state index contributed by atoms with van der Waals surface area (Å²) in [5.74, 6) is 0.970. The molecule has 0 aliphatic heterocycles. The summed E-state index contributed by atoms with van der Waals surface area (Å²) in [6.45, 7) is 1.93. The Balaban J connectivity index is 3.78. The predicted molar refractivity (Wildman–Crippen MR) is 67.2 cm³/mol. The van der Waals surface area contributed by atoms with E-state index in [0.717, 1.165) is 4.68 Å². The molecule has 0 aliphatic rings. The Morgan fingerprint density at radius 2 is 2.32 bits per heavy atom. The van der Waals surface area contributed by atoms with Gasteiger partial charge in [0.25, 0.3) is 0 Å². The SMILES string of the molecule is CCCn1nc([N+](=O)[O-])c(C(=C=N)C#N)c(Cl)c1=O. The van der Waals surface area contributed by atoms with Gasteiger partial charge in [0.15, 0.2) is 0 Å². The van der Waals surface area contributed by atoms with Crippen LogP contribution in [0.4, 0.5) is 5.82 Å². The van der Waals surface area contributed by atoms with Crippen molar-refractivity contribution in [3.05, 3.63) is 31.1 Å². The molecule has 0 saturated heterocycles. The average molecular weight is 282 g/mol. The van der Waals surface area contributed by atoms with Gasteiger partial charge in [-0.15, -0.1) is 4.68 Å². The minimum Gasteiger partial charge on any atom is -0.358 e. The first-order chi connectivity index (χ1) is 8.97. The molecule has 1 aromatic heterocycles. The van der Waals surface area contributed by atoms with Gasteiger partial charge in [0, 0.05) is 0 Å². The number of nitrogens with one attached hydrogen (secondary N) is 1. The molecule has 0 bridgehead atoms. The van der Waals surface area contributed by atoms with Gasteiger partial charge in [-0.05, 0) is 17.2 Å². The maximum Gasteiger partial charge on any atom is 0.399 e. The van der Waals surface area contributed by atoms with E-state index in [-0.39, 0.29) is 6.54 Å². The number of allylic oxidation sites excluding steroid dienone is 1. The monoisotopic (exact) mass is 281 g/mol. The Hall–Kier alpha value is -2.49. The summed E-state index contributed by atoms with van der Waals surface area (Å²) >= 11 is 5.76. The van der Waals surface area contributed by atoms with Gasteiger partial charge >= 0.3 is 11.4 Å². The second-order valence-corrected chi connectivity index (χ2v) is 3.79. The minimum absolute atomic E-state index is 0.163. The fourth-order valence-electron chi connectivity index (χ4n) is 1.39. The predicted octanol–water partition coefficient (Wildman–Crippen LogP) is 1.37. The quantitative estimate of drug-likeness (QED) is 0.386. The van der Waals surface area contributed by atoms with Gasteiger partial charge in [0.2, 0.25) is 0 Å². The molecule has 0 saturated carbocycles. The summed E-state index contributed by atoms with van der Waals surface area (Å²) < 4.78 is 0.864. The Bertz CT molecular complexity index is 682. The molecule has 9 heteroatoms. The van der Waals surface area contributed by atoms with E-state index in [1.807, 2.05) is 0 Å². The number of aryl methyl sites for hydroxylation is 1. The molecule has 0 radical (unpaired) electrons. The Morgan fingerprint density at radius 3 is 2.74 bits per heavy atom. The molecule has 1 aromatic rings. The van der Waals surface area contributed by atoms with Gasteiger partial charge in [0.05, 0.1) is 11.6 Å². The molecule has 0 fully saturated rings. The number of halogens is 1. The van der Waals surface area contributed by atoms with Crippen LogP contribution < -0.4 is 5.56 Å². The third-order valence-electron chi connectivity index (χ3n) is 2.18. The largest absolute Gasteiger partial charge is 0.399 e. The summed E-state index contributed by atoms with van der Waals surface area (Å²) in [4.78, 5) is 21.9.